The van der Waals surface area contributed by atoms with E-state index in [1.165, 1.54) is 6.07 Å². The fourth-order valence-corrected chi connectivity index (χ4v) is 3.17. The molecule has 2 aromatic carbocycles. The first kappa shape index (κ1) is 19.5. The van der Waals surface area contributed by atoms with E-state index in [4.69, 9.17) is 44.6 Å². The van der Waals surface area contributed by atoms with Crippen molar-refractivity contribution in [1.82, 2.24) is 4.98 Å². The molecular weight excluding hydrogens is 409 g/mol. The van der Waals surface area contributed by atoms with Crippen molar-refractivity contribution in [2.45, 2.75) is 13.0 Å². The van der Waals surface area contributed by atoms with Gasteiger partial charge in [-0.05, 0) is 42.5 Å². The van der Waals surface area contributed by atoms with Crippen LogP contribution in [-0.2, 0) is 13.0 Å². The average molecular weight is 423 g/mol. The number of hydrogen-bond donors (Lipinski definition) is 1. The second-order valence-corrected chi connectivity index (χ2v) is 7.05. The molecule has 27 heavy (non-hydrogen) atoms. The van der Waals surface area contributed by atoms with Crippen molar-refractivity contribution in [2.75, 3.05) is 0 Å². The zero-order chi connectivity index (χ0) is 19.4. The number of hydrogen-bond acceptors (Lipinski definition) is 3. The van der Waals surface area contributed by atoms with Gasteiger partial charge in [-0.3, -0.25) is 0 Å². The lowest BCUT2D eigenvalue weighted by molar-refractivity contribution is 0.0690. The van der Waals surface area contributed by atoms with Crippen LogP contribution >= 0.6 is 34.8 Å². The maximum absolute atomic E-state index is 11.1. The summed E-state index contributed by atoms with van der Waals surface area (Å²) in [5.41, 5.74) is 2.19. The smallest absolute Gasteiger partial charge is 0.354 e. The molecule has 0 aliphatic heterocycles. The molecule has 0 atom stereocenters. The molecule has 0 saturated carbocycles. The lowest BCUT2D eigenvalue weighted by Gasteiger charge is -2.13. The monoisotopic (exact) mass is 421 g/mol. The third kappa shape index (κ3) is 5.13. The molecule has 0 saturated heterocycles. The summed E-state index contributed by atoms with van der Waals surface area (Å²) in [5, 5.41) is 10.7. The highest BCUT2D eigenvalue weighted by Gasteiger charge is 2.11. The Kier molecular flexibility index (Phi) is 6.22. The van der Waals surface area contributed by atoms with Crippen LogP contribution in [0.15, 0.2) is 54.6 Å². The van der Waals surface area contributed by atoms with E-state index in [-0.39, 0.29) is 12.3 Å². The molecule has 138 valence electrons. The first-order chi connectivity index (χ1) is 12.9. The molecule has 0 bridgehead atoms. The second kappa shape index (κ2) is 8.61. The number of carbonyl (C=O) groups is 1. The Balaban J connectivity index is 1.82. The minimum absolute atomic E-state index is 0.00931. The maximum Gasteiger partial charge on any atom is 0.354 e. The normalized spacial score (nSPS) is 10.6. The van der Waals surface area contributed by atoms with Crippen molar-refractivity contribution in [1.29, 1.82) is 0 Å². The average Bonchev–Trinajstić information content (AvgIpc) is 2.62. The predicted octanol–water partition coefficient (Wildman–Crippen LogP) is 5.91. The molecular formula is C20H14Cl3NO3. The van der Waals surface area contributed by atoms with Gasteiger partial charge >= 0.3 is 5.97 Å². The molecule has 3 rings (SSSR count). The minimum atomic E-state index is -1.07. The molecule has 7 heteroatoms. The zero-order valence-electron chi connectivity index (χ0n) is 14.0. The number of benzene rings is 2. The van der Waals surface area contributed by atoms with Gasteiger partial charge in [-0.15, -0.1) is 0 Å². The van der Waals surface area contributed by atoms with Crippen molar-refractivity contribution in [3.8, 4) is 5.75 Å². The lowest BCUT2D eigenvalue weighted by atomic mass is 10.1. The van der Waals surface area contributed by atoms with Crippen LogP contribution in [-0.4, -0.2) is 16.1 Å². The van der Waals surface area contributed by atoms with Gasteiger partial charge in [0.05, 0.1) is 0 Å². The molecule has 1 heterocycles. The topological polar surface area (TPSA) is 59.4 Å². The molecule has 1 aromatic heterocycles. The van der Waals surface area contributed by atoms with Gasteiger partial charge in [-0.25, -0.2) is 9.78 Å². The summed E-state index contributed by atoms with van der Waals surface area (Å²) in [4.78, 5) is 15.3. The molecule has 4 nitrogen and oxygen atoms in total. The molecule has 0 fully saturated rings. The minimum Gasteiger partial charge on any atom is -0.489 e. The van der Waals surface area contributed by atoms with E-state index in [1.807, 2.05) is 0 Å². The van der Waals surface area contributed by atoms with Gasteiger partial charge in [-0.1, -0.05) is 46.9 Å². The van der Waals surface area contributed by atoms with Crippen molar-refractivity contribution >= 4 is 40.8 Å². The standard InChI is InChI=1S/C20H14Cl3NO3/c21-14-6-7-19(27-11-12-4-5-15(22)10-17(12)23)13(8-14)9-16-2-1-3-18(24-16)20(25)26/h1-8,10H,9,11H2,(H,25,26). The Morgan fingerprint density at radius 2 is 1.70 bits per heavy atom. The molecule has 0 aliphatic rings. The van der Waals surface area contributed by atoms with Crippen molar-refractivity contribution in [3.05, 3.63) is 92.2 Å². The second-order valence-electron chi connectivity index (χ2n) is 5.77. The van der Waals surface area contributed by atoms with Crippen LogP contribution < -0.4 is 4.74 Å². The third-order valence-corrected chi connectivity index (χ3v) is 4.64. The molecule has 0 aliphatic carbocycles. The van der Waals surface area contributed by atoms with E-state index in [1.54, 1.807) is 48.5 Å². The van der Waals surface area contributed by atoms with Gasteiger partial charge < -0.3 is 9.84 Å². The Morgan fingerprint density at radius 3 is 2.44 bits per heavy atom. The van der Waals surface area contributed by atoms with E-state index in [0.29, 0.717) is 32.9 Å². The summed E-state index contributed by atoms with van der Waals surface area (Å²) >= 11 is 18.2. The van der Waals surface area contributed by atoms with Gasteiger partial charge in [-0.2, -0.15) is 0 Å². The molecule has 0 unspecified atom stereocenters. The predicted molar refractivity (Wildman–Crippen MR) is 106 cm³/mol. The number of carboxylic acids is 1. The quantitative estimate of drug-likeness (QED) is 0.536. The number of halogens is 3. The van der Waals surface area contributed by atoms with Gasteiger partial charge in [0, 0.05) is 38.3 Å². The first-order valence-electron chi connectivity index (χ1n) is 7.97. The number of nitrogens with zero attached hydrogens (tertiary/aromatic N) is 1. The Hall–Kier alpha value is -2.27. The van der Waals surface area contributed by atoms with Crippen LogP contribution in [0, 0.1) is 0 Å². The SMILES string of the molecule is O=C(O)c1cccc(Cc2cc(Cl)ccc2OCc2ccc(Cl)cc2Cl)n1. The number of pyridine rings is 1. The Labute approximate surface area is 171 Å². The van der Waals surface area contributed by atoms with Gasteiger partial charge in [0.25, 0.3) is 0 Å². The molecule has 3 aromatic rings. The Bertz CT molecular complexity index is 992. The van der Waals surface area contributed by atoms with E-state index >= 15 is 0 Å². The highest BCUT2D eigenvalue weighted by molar-refractivity contribution is 6.35. The van der Waals surface area contributed by atoms with Crippen LogP contribution in [0.3, 0.4) is 0 Å². The number of rotatable bonds is 6. The summed E-state index contributed by atoms with van der Waals surface area (Å²) in [6.45, 7) is 0.257. The van der Waals surface area contributed by atoms with Crippen LogP contribution in [0.4, 0.5) is 0 Å². The number of aromatic carboxylic acids is 1. The summed E-state index contributed by atoms with van der Waals surface area (Å²) in [7, 11) is 0. The zero-order valence-corrected chi connectivity index (χ0v) is 16.2. The molecule has 0 spiro atoms. The van der Waals surface area contributed by atoms with Gasteiger partial charge in [0.1, 0.15) is 18.1 Å². The van der Waals surface area contributed by atoms with Crippen molar-refractivity contribution in [2.24, 2.45) is 0 Å². The van der Waals surface area contributed by atoms with E-state index < -0.39 is 5.97 Å². The highest BCUT2D eigenvalue weighted by atomic mass is 35.5. The lowest BCUT2D eigenvalue weighted by Crippen LogP contribution is -2.04. The summed E-state index contributed by atoms with van der Waals surface area (Å²) in [6.07, 6.45) is 0.380. The molecule has 1 N–H and O–H groups in total. The van der Waals surface area contributed by atoms with E-state index in [2.05, 4.69) is 4.98 Å². The summed E-state index contributed by atoms with van der Waals surface area (Å²) < 4.78 is 5.92. The molecule has 0 radical (unpaired) electrons. The van der Waals surface area contributed by atoms with Gasteiger partial charge in [0.2, 0.25) is 0 Å². The maximum atomic E-state index is 11.1. The third-order valence-electron chi connectivity index (χ3n) is 3.82. The largest absolute Gasteiger partial charge is 0.489 e. The fourth-order valence-electron chi connectivity index (χ4n) is 2.51. The van der Waals surface area contributed by atoms with E-state index in [0.717, 1.165) is 11.1 Å². The van der Waals surface area contributed by atoms with Crippen LogP contribution in [0.2, 0.25) is 15.1 Å². The van der Waals surface area contributed by atoms with Gasteiger partial charge in [0.15, 0.2) is 0 Å². The number of carboxylic acid groups (broad SMARTS) is 1. The number of ether oxygens (including phenoxy) is 1. The molecule has 0 amide bonds. The van der Waals surface area contributed by atoms with Crippen molar-refractivity contribution < 1.29 is 14.6 Å². The van der Waals surface area contributed by atoms with Crippen molar-refractivity contribution in [3.63, 3.8) is 0 Å². The summed E-state index contributed by atoms with van der Waals surface area (Å²) in [6, 6.07) is 15.3. The van der Waals surface area contributed by atoms with E-state index in [9.17, 15) is 4.79 Å². The van der Waals surface area contributed by atoms with Crippen LogP contribution in [0.1, 0.15) is 27.3 Å². The summed E-state index contributed by atoms with van der Waals surface area (Å²) in [5.74, 6) is -0.454. The fraction of sp³-hybridized carbons (Fsp3) is 0.100. The number of aromatic nitrogens is 1. The first-order valence-corrected chi connectivity index (χ1v) is 9.10. The Morgan fingerprint density at radius 1 is 0.963 bits per heavy atom. The van der Waals surface area contributed by atoms with Crippen LogP contribution in [0.5, 0.6) is 5.75 Å². The van der Waals surface area contributed by atoms with Crippen LogP contribution in [0.25, 0.3) is 0 Å². The highest BCUT2D eigenvalue weighted by Crippen LogP contribution is 2.28.